The Morgan fingerprint density at radius 2 is 2.04 bits per heavy atom. The number of para-hydroxylation sites is 1. The fourth-order valence-corrected chi connectivity index (χ4v) is 3.71. The summed E-state index contributed by atoms with van der Waals surface area (Å²) in [4.78, 5) is 18.7. The van der Waals surface area contributed by atoms with Gasteiger partial charge in [-0.15, -0.1) is 5.10 Å². The number of fused-ring (bicyclic) bond motifs is 1. The van der Waals surface area contributed by atoms with Crippen molar-refractivity contribution in [1.29, 1.82) is 0 Å². The van der Waals surface area contributed by atoms with Crippen LogP contribution in [0.1, 0.15) is 11.4 Å². The molecule has 8 heteroatoms. The maximum atomic E-state index is 12.5. The smallest absolute Gasteiger partial charge is 0.237 e. The molecule has 1 aliphatic rings. The Balaban J connectivity index is 1.29. The van der Waals surface area contributed by atoms with Crippen LogP contribution in [0.5, 0.6) is 5.75 Å². The highest BCUT2D eigenvalue weighted by Gasteiger charge is 2.24. The number of H-pyrrole nitrogens is 1. The van der Waals surface area contributed by atoms with Gasteiger partial charge in [0.1, 0.15) is 12.4 Å². The molecule has 0 radical (unpaired) electrons. The van der Waals surface area contributed by atoms with E-state index in [9.17, 15) is 4.79 Å². The van der Waals surface area contributed by atoms with Gasteiger partial charge in [0.2, 0.25) is 11.1 Å². The molecule has 1 amide bonds. The van der Waals surface area contributed by atoms with Gasteiger partial charge in [0.15, 0.2) is 5.82 Å². The predicted molar refractivity (Wildman–Crippen MR) is 105 cm³/mol. The summed E-state index contributed by atoms with van der Waals surface area (Å²) in [5.74, 6) is 1.66. The zero-order chi connectivity index (χ0) is 18.6. The molecule has 6 nitrogen and oxygen atoms in total. The Hall–Kier alpha value is -2.51. The van der Waals surface area contributed by atoms with Crippen LogP contribution in [0.15, 0.2) is 53.7 Å². The molecule has 0 spiro atoms. The van der Waals surface area contributed by atoms with E-state index in [1.54, 1.807) is 24.3 Å². The second-order valence-corrected chi connectivity index (χ2v) is 7.40. The Morgan fingerprint density at radius 3 is 2.89 bits per heavy atom. The van der Waals surface area contributed by atoms with Crippen molar-refractivity contribution in [1.82, 2.24) is 15.2 Å². The van der Waals surface area contributed by atoms with Crippen LogP contribution < -0.4 is 9.64 Å². The molecule has 0 saturated carbocycles. The fourth-order valence-electron chi connectivity index (χ4n) is 2.89. The lowest BCUT2D eigenvalue weighted by Crippen LogP contribution is -2.30. The number of carbonyl (C=O) groups excluding carboxylic acids is 1. The molecule has 0 fully saturated rings. The first-order chi connectivity index (χ1) is 13.2. The largest absolute Gasteiger partial charge is 0.486 e. The molecule has 0 bridgehead atoms. The number of ether oxygens (including phenoxy) is 1. The first kappa shape index (κ1) is 17.9. The van der Waals surface area contributed by atoms with E-state index in [0.29, 0.717) is 27.5 Å². The van der Waals surface area contributed by atoms with Gasteiger partial charge in [-0.05, 0) is 42.3 Å². The summed E-state index contributed by atoms with van der Waals surface area (Å²) in [5, 5.41) is 8.17. The highest BCUT2D eigenvalue weighted by atomic mass is 35.5. The molecular weight excluding hydrogens is 384 g/mol. The van der Waals surface area contributed by atoms with Crippen LogP contribution in [0.4, 0.5) is 5.69 Å². The minimum absolute atomic E-state index is 0.0636. The Bertz CT molecular complexity index is 945. The van der Waals surface area contributed by atoms with Crippen molar-refractivity contribution in [3.63, 3.8) is 0 Å². The molecule has 27 heavy (non-hydrogen) atoms. The minimum atomic E-state index is 0.0636. The number of carbonyl (C=O) groups is 1. The molecule has 1 N–H and O–H groups in total. The van der Waals surface area contributed by atoms with Crippen LogP contribution in [0, 0.1) is 0 Å². The lowest BCUT2D eigenvalue weighted by molar-refractivity contribution is -0.116. The number of nitrogens with one attached hydrogen (secondary N) is 1. The molecule has 138 valence electrons. The van der Waals surface area contributed by atoms with E-state index < -0.39 is 0 Å². The van der Waals surface area contributed by atoms with Crippen LogP contribution in [0.25, 0.3) is 0 Å². The molecule has 0 saturated heterocycles. The van der Waals surface area contributed by atoms with Crippen LogP contribution in [-0.4, -0.2) is 33.4 Å². The highest BCUT2D eigenvalue weighted by molar-refractivity contribution is 7.99. The van der Waals surface area contributed by atoms with Gasteiger partial charge in [-0.1, -0.05) is 41.6 Å². The summed E-state index contributed by atoms with van der Waals surface area (Å²) >= 11 is 7.17. The van der Waals surface area contributed by atoms with Gasteiger partial charge in [-0.25, -0.2) is 4.98 Å². The van der Waals surface area contributed by atoms with Crippen molar-refractivity contribution in [3.05, 3.63) is 64.9 Å². The van der Waals surface area contributed by atoms with Crippen molar-refractivity contribution in [2.75, 3.05) is 17.2 Å². The summed E-state index contributed by atoms with van der Waals surface area (Å²) in [6.07, 6.45) is 0.902. The summed E-state index contributed by atoms with van der Waals surface area (Å²) < 4.78 is 5.63. The zero-order valence-electron chi connectivity index (χ0n) is 14.4. The van der Waals surface area contributed by atoms with Gasteiger partial charge in [-0.3, -0.25) is 9.89 Å². The molecule has 0 atom stereocenters. The van der Waals surface area contributed by atoms with Gasteiger partial charge in [0, 0.05) is 17.3 Å². The van der Waals surface area contributed by atoms with Crippen molar-refractivity contribution < 1.29 is 9.53 Å². The minimum Gasteiger partial charge on any atom is -0.486 e. The van der Waals surface area contributed by atoms with Crippen molar-refractivity contribution >= 4 is 35.0 Å². The summed E-state index contributed by atoms with van der Waals surface area (Å²) in [6, 6.07) is 15.1. The summed E-state index contributed by atoms with van der Waals surface area (Å²) in [6.45, 7) is 0.996. The van der Waals surface area contributed by atoms with E-state index in [2.05, 4.69) is 21.2 Å². The third kappa shape index (κ3) is 4.26. The fraction of sp³-hybridized carbons (Fsp3) is 0.211. The maximum absolute atomic E-state index is 12.5. The Kier molecular flexibility index (Phi) is 5.31. The van der Waals surface area contributed by atoms with Gasteiger partial charge < -0.3 is 9.64 Å². The molecular formula is C19H17ClN4O2S. The van der Waals surface area contributed by atoms with Crippen LogP contribution in [0.2, 0.25) is 5.02 Å². The number of benzene rings is 2. The molecule has 0 aliphatic carbocycles. The summed E-state index contributed by atoms with van der Waals surface area (Å²) in [5.41, 5.74) is 2.23. The third-order valence-electron chi connectivity index (χ3n) is 4.21. The second-order valence-electron chi connectivity index (χ2n) is 6.02. The number of aromatic amines is 1. The van der Waals surface area contributed by atoms with Gasteiger partial charge >= 0.3 is 0 Å². The number of halogens is 1. The number of hydrogen-bond donors (Lipinski definition) is 1. The monoisotopic (exact) mass is 400 g/mol. The van der Waals surface area contributed by atoms with E-state index in [1.807, 2.05) is 23.1 Å². The second kappa shape index (κ2) is 8.02. The van der Waals surface area contributed by atoms with Crippen LogP contribution in [-0.2, 0) is 17.8 Å². The number of thioether (sulfide) groups is 1. The molecule has 4 rings (SSSR count). The third-order valence-corrected chi connectivity index (χ3v) is 5.30. The van der Waals surface area contributed by atoms with Crippen molar-refractivity contribution in [2.24, 2.45) is 0 Å². The van der Waals surface area contributed by atoms with Gasteiger partial charge in [0.05, 0.1) is 5.75 Å². The van der Waals surface area contributed by atoms with Crippen LogP contribution >= 0.6 is 23.4 Å². The number of nitrogens with zero attached hydrogens (tertiary/aromatic N) is 3. The van der Waals surface area contributed by atoms with Crippen molar-refractivity contribution in [2.45, 2.75) is 18.2 Å². The van der Waals surface area contributed by atoms with Crippen molar-refractivity contribution in [3.8, 4) is 5.75 Å². The number of hydrogen-bond acceptors (Lipinski definition) is 5. The van der Waals surface area contributed by atoms with E-state index in [1.165, 1.54) is 17.3 Å². The average Bonchev–Trinajstić information content (AvgIpc) is 3.32. The first-order valence-electron chi connectivity index (χ1n) is 8.50. The lowest BCUT2D eigenvalue weighted by Gasteiger charge is -2.16. The first-order valence-corrected chi connectivity index (χ1v) is 9.86. The lowest BCUT2D eigenvalue weighted by atomic mass is 10.2. The quantitative estimate of drug-likeness (QED) is 0.638. The number of amides is 1. The molecule has 0 unspecified atom stereocenters. The average molecular weight is 401 g/mol. The van der Waals surface area contributed by atoms with E-state index in [0.717, 1.165) is 18.7 Å². The molecule has 2 heterocycles. The molecule has 3 aromatic rings. The number of aromatic nitrogens is 3. The maximum Gasteiger partial charge on any atom is 0.237 e. The predicted octanol–water partition coefficient (Wildman–Crippen LogP) is 3.72. The summed E-state index contributed by atoms with van der Waals surface area (Å²) in [7, 11) is 0. The molecule has 1 aliphatic heterocycles. The van der Waals surface area contributed by atoms with E-state index in [4.69, 9.17) is 16.3 Å². The normalized spacial score (nSPS) is 12.9. The van der Waals surface area contributed by atoms with Gasteiger partial charge in [0.25, 0.3) is 0 Å². The molecule has 1 aromatic heterocycles. The van der Waals surface area contributed by atoms with E-state index in [-0.39, 0.29) is 12.5 Å². The SMILES string of the molecule is O=C(CSc1n[nH]c(COc2ccc(Cl)cc2)n1)N1CCc2ccccc21. The molecule has 2 aromatic carbocycles. The van der Waals surface area contributed by atoms with Gasteiger partial charge in [-0.2, -0.15) is 0 Å². The number of anilines is 1. The Morgan fingerprint density at radius 1 is 1.22 bits per heavy atom. The van der Waals surface area contributed by atoms with Crippen LogP contribution in [0.3, 0.4) is 0 Å². The van der Waals surface area contributed by atoms with E-state index >= 15 is 0 Å². The Labute approximate surface area is 165 Å². The standard InChI is InChI=1S/C19H17ClN4O2S/c20-14-5-7-15(8-6-14)26-11-17-21-19(23-22-17)27-12-18(25)24-10-9-13-3-1-2-4-16(13)24/h1-8H,9-12H2,(H,21,22,23). The number of rotatable bonds is 6. The zero-order valence-corrected chi connectivity index (χ0v) is 16.0. The highest BCUT2D eigenvalue weighted by Crippen LogP contribution is 2.28. The topological polar surface area (TPSA) is 71.1 Å².